The van der Waals surface area contributed by atoms with Gasteiger partial charge in [-0.3, -0.25) is 4.99 Å². The molecule has 0 amide bonds. The van der Waals surface area contributed by atoms with E-state index in [0.717, 1.165) is 63.0 Å². The molecule has 1 saturated carbocycles. The molecule has 1 fully saturated rings. The number of fused-ring (bicyclic) bond motifs is 1. The summed E-state index contributed by atoms with van der Waals surface area (Å²) in [5.41, 5.74) is 1.11. The average molecular weight is 361 g/mol. The molecule has 1 aromatic heterocycles. The van der Waals surface area contributed by atoms with E-state index in [1.165, 1.54) is 22.5 Å². The predicted molar refractivity (Wildman–Crippen MR) is 105 cm³/mol. The highest BCUT2D eigenvalue weighted by molar-refractivity contribution is 7.18. The minimum absolute atomic E-state index is 0.831. The SMILES string of the molecule is CN=C(NCCCOCC1CC1)NCCCc1nc2ccccc2s1. The number of para-hydroxylation sites is 1. The van der Waals surface area contributed by atoms with E-state index in [2.05, 4.69) is 38.8 Å². The van der Waals surface area contributed by atoms with Crippen LogP contribution in [0.5, 0.6) is 0 Å². The van der Waals surface area contributed by atoms with E-state index < -0.39 is 0 Å². The summed E-state index contributed by atoms with van der Waals surface area (Å²) in [6.45, 7) is 3.56. The molecule has 1 aliphatic rings. The lowest BCUT2D eigenvalue weighted by atomic mass is 10.3. The quantitative estimate of drug-likeness (QED) is 0.388. The minimum Gasteiger partial charge on any atom is -0.381 e. The summed E-state index contributed by atoms with van der Waals surface area (Å²) in [6.07, 6.45) is 5.76. The van der Waals surface area contributed by atoms with Gasteiger partial charge in [0.2, 0.25) is 0 Å². The van der Waals surface area contributed by atoms with Crippen molar-refractivity contribution in [3.63, 3.8) is 0 Å². The third-order valence-electron chi connectivity index (χ3n) is 4.23. The fourth-order valence-corrected chi connectivity index (χ4v) is 3.62. The Labute approximate surface area is 153 Å². The number of hydrogen-bond donors (Lipinski definition) is 2. The number of aryl methyl sites for hydroxylation is 1. The number of aromatic nitrogens is 1. The van der Waals surface area contributed by atoms with Crippen LogP contribution in [0, 0.1) is 5.92 Å². The van der Waals surface area contributed by atoms with Gasteiger partial charge in [0.15, 0.2) is 5.96 Å². The number of nitrogens with one attached hydrogen (secondary N) is 2. The van der Waals surface area contributed by atoms with Gasteiger partial charge < -0.3 is 15.4 Å². The fraction of sp³-hybridized carbons (Fsp3) is 0.579. The lowest BCUT2D eigenvalue weighted by Crippen LogP contribution is -2.38. The maximum atomic E-state index is 5.64. The number of nitrogens with zero attached hydrogens (tertiary/aromatic N) is 2. The van der Waals surface area contributed by atoms with Crippen molar-refractivity contribution in [2.45, 2.75) is 32.1 Å². The summed E-state index contributed by atoms with van der Waals surface area (Å²) in [7, 11) is 1.81. The van der Waals surface area contributed by atoms with Gasteiger partial charge in [-0.2, -0.15) is 0 Å². The largest absolute Gasteiger partial charge is 0.381 e. The monoisotopic (exact) mass is 360 g/mol. The van der Waals surface area contributed by atoms with E-state index in [4.69, 9.17) is 4.74 Å². The Balaban J connectivity index is 1.26. The normalized spacial score (nSPS) is 14.8. The molecule has 1 heterocycles. The Hall–Kier alpha value is -1.66. The molecule has 0 aliphatic heterocycles. The van der Waals surface area contributed by atoms with Crippen LogP contribution in [0.15, 0.2) is 29.3 Å². The molecule has 2 N–H and O–H groups in total. The van der Waals surface area contributed by atoms with Crippen molar-refractivity contribution in [1.29, 1.82) is 0 Å². The molecule has 25 heavy (non-hydrogen) atoms. The van der Waals surface area contributed by atoms with E-state index in [1.54, 1.807) is 11.3 Å². The van der Waals surface area contributed by atoms with Crippen LogP contribution in [0.25, 0.3) is 10.2 Å². The van der Waals surface area contributed by atoms with Crippen LogP contribution >= 0.6 is 11.3 Å². The average Bonchev–Trinajstić information content (AvgIpc) is 3.36. The Morgan fingerprint density at radius 1 is 1.24 bits per heavy atom. The molecule has 5 nitrogen and oxygen atoms in total. The molecule has 6 heteroatoms. The van der Waals surface area contributed by atoms with Crippen molar-refractivity contribution in [3.8, 4) is 0 Å². The molecule has 0 atom stereocenters. The van der Waals surface area contributed by atoms with E-state index >= 15 is 0 Å². The Bertz CT molecular complexity index is 648. The summed E-state index contributed by atoms with van der Waals surface area (Å²) in [4.78, 5) is 8.94. The molecule has 1 aliphatic carbocycles. The summed E-state index contributed by atoms with van der Waals surface area (Å²) in [5, 5.41) is 7.91. The number of thiazole rings is 1. The second kappa shape index (κ2) is 9.73. The number of aliphatic imine (C=N–C) groups is 1. The Morgan fingerprint density at radius 2 is 2.04 bits per heavy atom. The molecule has 0 bridgehead atoms. The van der Waals surface area contributed by atoms with Crippen LogP contribution in [0.4, 0.5) is 0 Å². The zero-order chi connectivity index (χ0) is 17.3. The van der Waals surface area contributed by atoms with Crippen molar-refractivity contribution in [3.05, 3.63) is 29.3 Å². The van der Waals surface area contributed by atoms with Gasteiger partial charge in [0.1, 0.15) is 0 Å². The first-order valence-electron chi connectivity index (χ1n) is 9.22. The van der Waals surface area contributed by atoms with E-state index in [9.17, 15) is 0 Å². The van der Waals surface area contributed by atoms with Gasteiger partial charge in [0.05, 0.1) is 15.2 Å². The standard InChI is InChI=1S/C19H28N4OS/c1-20-19(22-12-5-13-24-14-15-9-10-15)21-11-4-8-18-23-16-6-2-3-7-17(16)25-18/h2-3,6-7,15H,4-5,8-14H2,1H3,(H2,20,21,22). The fourth-order valence-electron chi connectivity index (χ4n) is 2.61. The van der Waals surface area contributed by atoms with Gasteiger partial charge in [0.25, 0.3) is 0 Å². The minimum atomic E-state index is 0.831. The summed E-state index contributed by atoms with van der Waals surface area (Å²) >= 11 is 1.79. The number of hydrogen-bond acceptors (Lipinski definition) is 4. The zero-order valence-corrected chi connectivity index (χ0v) is 15.8. The van der Waals surface area contributed by atoms with Crippen molar-refractivity contribution in [2.75, 3.05) is 33.4 Å². The first-order valence-corrected chi connectivity index (χ1v) is 10.0. The van der Waals surface area contributed by atoms with Gasteiger partial charge in [0, 0.05) is 39.8 Å². The first-order chi connectivity index (χ1) is 12.3. The first kappa shape index (κ1) is 18.1. The van der Waals surface area contributed by atoms with Gasteiger partial charge in [-0.15, -0.1) is 11.3 Å². The van der Waals surface area contributed by atoms with Crippen LogP contribution in [0.2, 0.25) is 0 Å². The van der Waals surface area contributed by atoms with Crippen LogP contribution < -0.4 is 10.6 Å². The molecule has 1 aromatic carbocycles. The van der Waals surface area contributed by atoms with Crippen LogP contribution in [-0.2, 0) is 11.2 Å². The Morgan fingerprint density at radius 3 is 2.80 bits per heavy atom. The van der Waals surface area contributed by atoms with Crippen molar-refractivity contribution < 1.29 is 4.74 Å². The van der Waals surface area contributed by atoms with E-state index in [-0.39, 0.29) is 0 Å². The van der Waals surface area contributed by atoms with E-state index in [0.29, 0.717) is 0 Å². The van der Waals surface area contributed by atoms with Crippen LogP contribution in [0.3, 0.4) is 0 Å². The smallest absolute Gasteiger partial charge is 0.190 e. The number of guanidine groups is 1. The lowest BCUT2D eigenvalue weighted by Gasteiger charge is -2.11. The van der Waals surface area contributed by atoms with Gasteiger partial charge in [-0.25, -0.2) is 4.98 Å². The maximum absolute atomic E-state index is 5.64. The molecule has 0 unspecified atom stereocenters. The van der Waals surface area contributed by atoms with Gasteiger partial charge in [-0.05, 0) is 43.7 Å². The topological polar surface area (TPSA) is 58.5 Å². The summed E-state index contributed by atoms with van der Waals surface area (Å²) in [6, 6.07) is 8.32. The molecule has 3 rings (SSSR count). The molecule has 0 saturated heterocycles. The van der Waals surface area contributed by atoms with Gasteiger partial charge >= 0.3 is 0 Å². The highest BCUT2D eigenvalue weighted by Gasteiger charge is 2.20. The summed E-state index contributed by atoms with van der Waals surface area (Å²) < 4.78 is 6.91. The molecule has 0 radical (unpaired) electrons. The second-order valence-corrected chi connectivity index (χ2v) is 7.59. The zero-order valence-electron chi connectivity index (χ0n) is 15.0. The highest BCUT2D eigenvalue weighted by atomic mass is 32.1. The lowest BCUT2D eigenvalue weighted by molar-refractivity contribution is 0.123. The third kappa shape index (κ3) is 6.29. The van der Waals surface area contributed by atoms with E-state index in [1.807, 2.05) is 13.1 Å². The van der Waals surface area contributed by atoms with Crippen molar-refractivity contribution in [2.24, 2.45) is 10.9 Å². The Kier molecular flexibility index (Phi) is 7.06. The van der Waals surface area contributed by atoms with Crippen molar-refractivity contribution in [1.82, 2.24) is 15.6 Å². The highest BCUT2D eigenvalue weighted by Crippen LogP contribution is 2.28. The predicted octanol–water partition coefficient (Wildman–Crippen LogP) is 3.21. The third-order valence-corrected chi connectivity index (χ3v) is 5.33. The molecular weight excluding hydrogens is 332 g/mol. The second-order valence-electron chi connectivity index (χ2n) is 6.48. The van der Waals surface area contributed by atoms with Crippen LogP contribution in [-0.4, -0.2) is 44.3 Å². The molecule has 2 aromatic rings. The van der Waals surface area contributed by atoms with Crippen LogP contribution in [0.1, 0.15) is 30.7 Å². The number of ether oxygens (including phenoxy) is 1. The molecular formula is C19H28N4OS. The number of rotatable bonds is 10. The molecule has 136 valence electrons. The maximum Gasteiger partial charge on any atom is 0.190 e. The van der Waals surface area contributed by atoms with Gasteiger partial charge in [-0.1, -0.05) is 12.1 Å². The number of benzene rings is 1. The summed E-state index contributed by atoms with van der Waals surface area (Å²) in [5.74, 6) is 1.71. The van der Waals surface area contributed by atoms with Crippen molar-refractivity contribution >= 4 is 27.5 Å². The molecule has 0 spiro atoms.